The van der Waals surface area contributed by atoms with Gasteiger partial charge >= 0.3 is 41.5 Å². The number of nitrogen functional groups attached to an aromatic ring is 1. The topological polar surface area (TPSA) is 441 Å². The zero-order valence-electron chi connectivity index (χ0n) is 65.1. The van der Waals surface area contributed by atoms with Crippen LogP contribution < -0.4 is 40.6 Å². The molecule has 0 aliphatic heterocycles. The smallest absolute Gasteiger partial charge is 1.00 e. The second-order valence-corrected chi connectivity index (χ2v) is 31.7. The Labute approximate surface area is 783 Å². The normalized spacial score (nSPS) is 10.3. The molecule has 615 valence electrons. The summed E-state index contributed by atoms with van der Waals surface area (Å²) in [5.41, 5.74) is 17.2. The third-order valence-electron chi connectivity index (χ3n) is 16.4. The van der Waals surface area contributed by atoms with Gasteiger partial charge in [0, 0.05) is 158 Å². The zero-order valence-corrected chi connectivity index (χ0v) is 75.4. The molecule has 124 heavy (non-hydrogen) atoms. The first-order valence-electron chi connectivity index (χ1n) is 34.3. The van der Waals surface area contributed by atoms with Crippen molar-refractivity contribution in [2.45, 2.75) is 27.5 Å². The van der Waals surface area contributed by atoms with Crippen molar-refractivity contribution in [3.05, 3.63) is 245 Å². The maximum atomic E-state index is 13.7. The number of halogens is 10. The number of esters is 2. The molecule has 16 rings (SSSR count). The summed E-state index contributed by atoms with van der Waals surface area (Å²) in [5.74, 6) is -1.87. The molecule has 16 aromatic rings. The van der Waals surface area contributed by atoms with E-state index in [-0.39, 0.29) is 52.0 Å². The molecular formula is C80H51BCl8F2N22NaO6S4. The number of hydrogen-bond acceptors (Lipinski definition) is 27. The van der Waals surface area contributed by atoms with Gasteiger partial charge in [-0.1, -0.05) is 122 Å². The second kappa shape index (κ2) is 44.6. The number of amides is 1. The average Bonchev–Trinajstić information content (AvgIpc) is 1.64. The number of aliphatic hydroxyl groups excluding tert-OH is 2. The molecule has 0 aliphatic carbocycles. The summed E-state index contributed by atoms with van der Waals surface area (Å²) in [5, 5.41) is 102. The molecule has 44 heteroatoms. The summed E-state index contributed by atoms with van der Waals surface area (Å²) in [6.07, 6.45) is 12.2. The van der Waals surface area contributed by atoms with E-state index in [4.69, 9.17) is 104 Å². The molecule has 0 spiro atoms. The number of nitrogens with one attached hydrogen (secondary N) is 4. The predicted octanol–water partition coefficient (Wildman–Crippen LogP) is 17.4. The minimum Gasteiger partial charge on any atom is -1.00 e. The fraction of sp³-hybridized carbons (Fsp3) is 0.0625. The van der Waals surface area contributed by atoms with Gasteiger partial charge in [-0.3, -0.25) is 14.4 Å². The molecule has 0 fully saturated rings. The number of rotatable bonds is 14. The van der Waals surface area contributed by atoms with Crippen LogP contribution in [0.15, 0.2) is 171 Å². The van der Waals surface area contributed by atoms with Gasteiger partial charge in [-0.25, -0.2) is 24.6 Å². The van der Waals surface area contributed by atoms with Crippen LogP contribution in [0.4, 0.5) is 20.4 Å². The van der Waals surface area contributed by atoms with Crippen molar-refractivity contribution in [1.82, 2.24) is 81.2 Å². The number of nitrogens with two attached hydrogens (primary N) is 1. The summed E-state index contributed by atoms with van der Waals surface area (Å²) >= 11 is 55.2. The number of carbonyl (C=O) groups excluding carboxylic acids is 3. The predicted molar refractivity (Wildman–Crippen MR) is 474 cm³/mol. The quantitative estimate of drug-likeness (QED) is 0.0230. The molecular weight excluding hydrogens is 1850 g/mol. The van der Waals surface area contributed by atoms with Crippen molar-refractivity contribution >= 4 is 176 Å². The summed E-state index contributed by atoms with van der Waals surface area (Å²) in [7, 11) is 1.00. The van der Waals surface area contributed by atoms with Crippen LogP contribution in [0, 0.1) is 57.2 Å². The summed E-state index contributed by atoms with van der Waals surface area (Å²) < 4.78 is 32.6. The molecule has 28 nitrogen and oxygen atoms in total. The standard InChI is InChI=1S/C20H12Cl2N6OS.C19H10Cl2FN5OS.C18H8Cl2FN5S.C18H10Cl2N6S.C4H6O3.CH4O.B.Na.H/c1-10(29)26-17-6-11(4-5-24-17)19-14(8-23)18(13-3-2-12(21)7-15(13)22)20(30-19)16-9-25-28-27-16;20-11-1-2-12(14(21)6-11)17-13(7-23)18(10-3-4-24-16(22)5-10)29-19(17)15-8-27(9-28)26-25-15;19-10-1-2-11(13(20)6-10)16-12(7-22)17(9-3-4-23-15(21)5-9)27-18(16)14-8-24-26-25-14;19-10-1-2-11(13(20)6-10)16-12(7-21)17(9-3-4-23-15(22)5-9)27-18(16)14-8-24-26-25-14;1-3(5)7-4(2)6;1-2;;;/h2-7,9H,1H3,(H,24,26,29)(H,25,27,28);1-6,8,28H,9H2;1-6,8H,(H,24,25,26);1-6,8H,(H2,22,23)(H,24,25,26);1-2H3;2H,1H3;;;/q;;;;;;;+1;-1. The molecule has 0 atom stereocenters. The van der Waals surface area contributed by atoms with E-state index in [1.54, 1.807) is 140 Å². The summed E-state index contributed by atoms with van der Waals surface area (Å²) in [4.78, 5) is 51.7. The van der Waals surface area contributed by atoms with Crippen LogP contribution in [0.3, 0.4) is 0 Å². The summed E-state index contributed by atoms with van der Waals surface area (Å²) in [6, 6.07) is 42.2. The maximum Gasteiger partial charge on any atom is 1.00 e. The molecule has 12 aromatic heterocycles. The first kappa shape index (κ1) is 96.2. The van der Waals surface area contributed by atoms with Gasteiger partial charge in [-0.15, -0.1) is 50.4 Å². The number of nitriles is 4. The number of aromatic nitrogens is 16. The molecule has 1 amide bonds. The SMILES string of the molecule is CC(=O)Nc1cc(-c2sc(-c3cn[nH]n3)c(-c3ccc(Cl)cc3Cl)c2C#N)ccn1.CC(=O)OC(C)=O.CO.N#Cc1c(-c2ccnc(F)c2)sc(-c2cn(CO)nn2)c1-c1ccc(Cl)cc1Cl.N#Cc1c(-c2ccnc(F)c2)sc(-c2cn[nH]n2)c1-c1ccc(Cl)cc1Cl.N#Cc1c(-c2ccnc(N)c2)sc(-c2cn[nH]n2)c1-c1ccc(Cl)cc1Cl.[B].[H-].[Na+]. The summed E-state index contributed by atoms with van der Waals surface area (Å²) in [6.45, 7) is 3.43. The van der Waals surface area contributed by atoms with Gasteiger partial charge in [-0.05, 0) is 107 Å². The fourth-order valence-corrected chi connectivity index (χ4v) is 18.5. The van der Waals surface area contributed by atoms with Gasteiger partial charge in [0.05, 0.1) is 86.1 Å². The maximum absolute atomic E-state index is 13.7. The zero-order chi connectivity index (χ0) is 87.6. The van der Waals surface area contributed by atoms with Crippen molar-refractivity contribution in [1.29, 1.82) is 21.0 Å². The van der Waals surface area contributed by atoms with E-state index < -0.39 is 23.8 Å². The van der Waals surface area contributed by atoms with Crippen LogP contribution in [-0.4, -0.2) is 125 Å². The number of nitrogens with zero attached hydrogens (tertiary/aromatic N) is 17. The monoisotopic (exact) mass is 1900 g/mol. The molecule has 0 saturated heterocycles. The number of ether oxygens (including phenoxy) is 1. The van der Waals surface area contributed by atoms with E-state index in [0.29, 0.717) is 177 Å². The van der Waals surface area contributed by atoms with E-state index in [1.807, 2.05) is 6.07 Å². The number of benzene rings is 4. The van der Waals surface area contributed by atoms with Gasteiger partial charge in [-0.2, -0.15) is 76.1 Å². The third-order valence-corrected chi connectivity index (χ3v) is 23.6. The second-order valence-electron chi connectivity index (χ2n) is 24.2. The van der Waals surface area contributed by atoms with E-state index in [1.165, 1.54) is 95.3 Å². The number of carbonyl (C=O) groups is 3. The fourth-order valence-electron chi connectivity index (χ4n) is 11.6. The molecule has 0 aliphatic rings. The molecule has 12 heterocycles. The van der Waals surface area contributed by atoms with Crippen molar-refractivity contribution in [2.75, 3.05) is 18.2 Å². The molecule has 3 radical (unpaired) electrons. The van der Waals surface area contributed by atoms with Crippen LogP contribution in [0.1, 0.15) is 44.5 Å². The molecule has 0 unspecified atom stereocenters. The first-order chi connectivity index (χ1) is 58.8. The third kappa shape index (κ3) is 22.9. The van der Waals surface area contributed by atoms with Crippen molar-refractivity contribution in [3.8, 4) is 153 Å². The number of hydrogen-bond donors (Lipinski definition) is 7. The Morgan fingerprint density at radius 3 is 1.06 bits per heavy atom. The van der Waals surface area contributed by atoms with Gasteiger partial charge in [0.15, 0.2) is 0 Å². The van der Waals surface area contributed by atoms with Gasteiger partial charge < -0.3 is 27.4 Å². The Morgan fingerprint density at radius 2 is 0.790 bits per heavy atom. The Morgan fingerprint density at radius 1 is 0.476 bits per heavy atom. The molecule has 0 saturated carbocycles. The van der Waals surface area contributed by atoms with Gasteiger partial charge in [0.1, 0.15) is 65.4 Å². The van der Waals surface area contributed by atoms with E-state index in [9.17, 15) is 49.3 Å². The van der Waals surface area contributed by atoms with Crippen molar-refractivity contribution in [3.63, 3.8) is 0 Å². The van der Waals surface area contributed by atoms with Crippen LogP contribution >= 0.6 is 138 Å². The Hall–Kier alpha value is -11.6. The number of thiophene rings is 4. The minimum atomic E-state index is -0.654. The number of pyridine rings is 4. The van der Waals surface area contributed by atoms with Gasteiger partial charge in [0.25, 0.3) is 0 Å². The number of aliphatic hydroxyl groups is 2. The number of H-pyrrole nitrogens is 3. The van der Waals surface area contributed by atoms with Crippen LogP contribution in [0.25, 0.3) is 129 Å². The van der Waals surface area contributed by atoms with Crippen molar-refractivity contribution < 1.29 is 69.1 Å². The van der Waals surface area contributed by atoms with Crippen molar-refractivity contribution in [2.24, 2.45) is 0 Å². The van der Waals surface area contributed by atoms with Crippen LogP contribution in [0.2, 0.25) is 40.2 Å². The minimum absolute atomic E-state index is 0. The average molecular weight is 1900 g/mol. The Bertz CT molecular complexity index is 6570. The number of aromatic amines is 3. The van der Waals surface area contributed by atoms with Gasteiger partial charge in [0.2, 0.25) is 17.8 Å². The largest absolute Gasteiger partial charge is 1.00 e. The molecule has 8 N–H and O–H groups in total. The van der Waals surface area contributed by atoms with E-state index in [2.05, 4.69) is 111 Å². The first-order valence-corrected chi connectivity index (χ1v) is 40.6. The number of anilines is 2. The van der Waals surface area contributed by atoms with E-state index in [0.717, 1.165) is 32.9 Å². The Balaban J connectivity index is 0.000000198. The van der Waals surface area contributed by atoms with E-state index >= 15 is 0 Å². The Kier molecular flexibility index (Phi) is 34.6. The molecule has 0 bridgehead atoms. The van der Waals surface area contributed by atoms with Crippen LogP contribution in [-0.2, 0) is 25.9 Å². The van der Waals surface area contributed by atoms with Crippen LogP contribution in [0.5, 0.6) is 0 Å². The molecule has 4 aromatic carbocycles.